The fourth-order valence-corrected chi connectivity index (χ4v) is 12.7. The number of anilines is 6. The first-order chi connectivity index (χ1) is 52.5. The summed E-state index contributed by atoms with van der Waals surface area (Å²) in [4.78, 5) is 3.68. The first-order valence-electron chi connectivity index (χ1n) is 39.8. The third kappa shape index (κ3) is 6.85. The zero-order chi connectivity index (χ0) is 77.6. The molecule has 0 saturated heterocycles. The second kappa shape index (κ2) is 18.2. The molecule has 16 aromatic rings. The highest BCUT2D eigenvalue weighted by atomic mass is 16.3. The number of fused-ring (bicyclic) bond motifs is 13. The average Bonchev–Trinajstić information content (AvgIpc) is 0.921. The monoisotopic (exact) mass is 1090 g/mol. The highest BCUT2D eigenvalue weighted by Gasteiger charge is 2.44. The van der Waals surface area contributed by atoms with Crippen molar-refractivity contribution in [1.29, 1.82) is 0 Å². The van der Waals surface area contributed by atoms with Crippen LogP contribution in [0.15, 0.2) is 301 Å². The number of furan rings is 1. The molecule has 390 valence electrons. The normalized spacial score (nSPS) is 17.0. The lowest BCUT2D eigenvalue weighted by molar-refractivity contribution is 0.666. The molecule has 0 saturated carbocycles. The molecule has 2 aliphatic heterocycles. The number of benzene rings is 13. The fourth-order valence-electron chi connectivity index (χ4n) is 12.7. The molecule has 13 aromatic carbocycles. The molecule has 0 fully saturated rings. The van der Waals surface area contributed by atoms with E-state index in [0.717, 1.165) is 11.1 Å². The summed E-state index contributed by atoms with van der Waals surface area (Å²) in [6, 6.07) is 24.9. The van der Waals surface area contributed by atoms with Crippen LogP contribution in [0.2, 0.25) is 0 Å². The Morgan fingerprint density at radius 3 is 1.35 bits per heavy atom. The average molecular weight is 1100 g/mol. The standard InChI is InChI=1S/C78H49BN4O/c1-4-20-50(21-5-1)53-38-41-56(42-39-53)80-72-46-54(51-22-6-2-7-23-51)40-44-64(72)79-65-45-43-57(81-66-32-14-10-26-58(66)59-27-11-15-33-67(59)81)49-73(65)83(75-48-55(47-74(80)76(75)79)52-24-8-3-9-25-52)71-37-19-31-63-62-30-18-36-70(77(62)84-78(63)71)82-68-34-16-12-28-60(68)61-29-13-17-35-69(61)82/h1-49H/i2D,3D,6D,7D,8D,9D,10D,11D,12D,13D,14D,15D,16D,17D,22D,23D,24D,25D,26D,27D,28D,29D,32D,33D,34D,35D. The highest BCUT2D eigenvalue weighted by molar-refractivity contribution is 7.00. The van der Waals surface area contributed by atoms with E-state index in [4.69, 9.17) is 23.6 Å². The number of rotatable bonds is 7. The Balaban J connectivity index is 1.01. The van der Waals surface area contributed by atoms with Crippen LogP contribution < -0.4 is 26.2 Å². The number of hydrogen-bond acceptors (Lipinski definition) is 3. The molecule has 0 aliphatic carbocycles. The lowest BCUT2D eigenvalue weighted by Crippen LogP contribution is -2.61. The third-order valence-electron chi connectivity index (χ3n) is 16.2. The summed E-state index contributed by atoms with van der Waals surface area (Å²) >= 11 is 0. The second-order valence-electron chi connectivity index (χ2n) is 20.4. The van der Waals surface area contributed by atoms with Gasteiger partial charge in [-0.1, -0.05) is 218 Å². The van der Waals surface area contributed by atoms with Gasteiger partial charge < -0.3 is 23.4 Å². The third-order valence-corrected chi connectivity index (χ3v) is 16.2. The van der Waals surface area contributed by atoms with E-state index in [0.29, 0.717) is 44.2 Å². The van der Waals surface area contributed by atoms with Gasteiger partial charge in [0.05, 0.1) is 69.1 Å². The predicted octanol–water partition coefficient (Wildman–Crippen LogP) is 18.9. The lowest BCUT2D eigenvalue weighted by atomic mass is 9.33. The van der Waals surface area contributed by atoms with Gasteiger partial charge in [-0.3, -0.25) is 0 Å². The second-order valence-corrected chi connectivity index (χ2v) is 20.4. The molecule has 3 aromatic heterocycles. The van der Waals surface area contributed by atoms with Crippen molar-refractivity contribution < 1.29 is 40.1 Å². The van der Waals surface area contributed by atoms with Crippen LogP contribution in [-0.4, -0.2) is 15.8 Å². The molecule has 5 nitrogen and oxygen atoms in total. The summed E-state index contributed by atoms with van der Waals surface area (Å²) < 4.78 is 248. The van der Waals surface area contributed by atoms with Crippen LogP contribution >= 0.6 is 0 Å². The molecule has 0 N–H and O–H groups in total. The number of hydrogen-bond donors (Lipinski definition) is 0. The van der Waals surface area contributed by atoms with Crippen molar-refractivity contribution in [1.82, 2.24) is 9.13 Å². The lowest BCUT2D eigenvalue weighted by Gasteiger charge is -2.44. The summed E-state index contributed by atoms with van der Waals surface area (Å²) in [7, 11) is 0. The van der Waals surface area contributed by atoms with E-state index in [9.17, 15) is 16.4 Å². The van der Waals surface area contributed by atoms with Crippen molar-refractivity contribution >= 4 is 123 Å². The predicted molar refractivity (Wildman–Crippen MR) is 353 cm³/mol. The summed E-state index contributed by atoms with van der Waals surface area (Å²) in [6.45, 7) is -0.970. The van der Waals surface area contributed by atoms with E-state index in [1.165, 1.54) is 9.13 Å². The maximum atomic E-state index is 9.69. The Morgan fingerprint density at radius 2 is 0.738 bits per heavy atom. The van der Waals surface area contributed by atoms with Crippen molar-refractivity contribution in [3.8, 4) is 44.8 Å². The van der Waals surface area contributed by atoms with E-state index >= 15 is 0 Å². The molecule has 6 heteroatoms. The van der Waals surface area contributed by atoms with Crippen LogP contribution in [0.4, 0.5) is 34.1 Å². The van der Waals surface area contributed by atoms with Gasteiger partial charge in [-0.2, -0.15) is 0 Å². The Hall–Kier alpha value is -11.1. The SMILES string of the molecule is [2H]c1c([2H])c([2H])c(-c2ccc3c(c2)N(c2ccc(-c4ccccc4)cc2)c2cc(-c4c([2H])c([2H])c([2H])c([2H])c4[2H])cc4c2B3c2ccc(-n3c5c([2H])c([2H])c([2H])c([2H])c5c5c([2H])c([2H])c([2H])c([2H])c53)cc2N4c2cccc3c2oc2c(-n4c5c([2H])c([2H])c([2H])c([2H])c5c5c([2H])c([2H])c([2H])c([2H])c54)cccc23)c([2H])c1[2H]. The molecule has 5 heterocycles. The Morgan fingerprint density at radius 1 is 0.286 bits per heavy atom. The molecule has 0 radical (unpaired) electrons. The number of nitrogens with zero attached hydrogens (tertiary/aromatic N) is 4. The van der Waals surface area contributed by atoms with Gasteiger partial charge in [-0.15, -0.1) is 0 Å². The molecule has 2 aliphatic rings. The largest absolute Gasteiger partial charge is 0.452 e. The van der Waals surface area contributed by atoms with E-state index in [1.807, 2.05) is 59.5 Å². The maximum Gasteiger partial charge on any atom is 0.252 e. The van der Waals surface area contributed by atoms with Gasteiger partial charge in [0.2, 0.25) is 0 Å². The van der Waals surface area contributed by atoms with Gasteiger partial charge in [-0.25, -0.2) is 0 Å². The van der Waals surface area contributed by atoms with Crippen LogP contribution in [0.3, 0.4) is 0 Å². The van der Waals surface area contributed by atoms with Crippen LogP contribution in [0.5, 0.6) is 0 Å². The first kappa shape index (κ1) is 28.1. The van der Waals surface area contributed by atoms with Gasteiger partial charge in [0, 0.05) is 66.4 Å². The number of para-hydroxylation sites is 6. The molecule has 0 amide bonds. The van der Waals surface area contributed by atoms with Gasteiger partial charge >= 0.3 is 0 Å². The summed E-state index contributed by atoms with van der Waals surface area (Å²) in [6.07, 6.45) is 0. The van der Waals surface area contributed by atoms with Gasteiger partial charge in [0.15, 0.2) is 11.2 Å². The fraction of sp³-hybridized carbons (Fsp3) is 0. The zero-order valence-electron chi connectivity index (χ0n) is 69.6. The minimum absolute atomic E-state index is 0.0508. The van der Waals surface area contributed by atoms with Crippen LogP contribution in [0.1, 0.15) is 35.6 Å². The molecular formula is C78H49BN4O. The quantitative estimate of drug-likeness (QED) is 0.149. The van der Waals surface area contributed by atoms with E-state index in [1.54, 1.807) is 89.8 Å². The molecule has 84 heavy (non-hydrogen) atoms. The van der Waals surface area contributed by atoms with Crippen LogP contribution in [0.25, 0.3) is 110 Å². The molecule has 0 unspecified atom stereocenters. The molecule has 18 rings (SSSR count). The van der Waals surface area contributed by atoms with E-state index in [-0.39, 0.29) is 105 Å². The topological polar surface area (TPSA) is 29.5 Å². The first-order valence-corrected chi connectivity index (χ1v) is 26.8. The Labute approximate surface area is 522 Å². The van der Waals surface area contributed by atoms with Gasteiger partial charge in [0.25, 0.3) is 6.71 Å². The maximum absolute atomic E-state index is 9.69. The Bertz CT molecular complexity index is 6750. The Kier molecular flexibility index (Phi) is 6.09. The molecular weight excluding hydrogens is 1020 g/mol. The van der Waals surface area contributed by atoms with Crippen LogP contribution in [-0.2, 0) is 0 Å². The van der Waals surface area contributed by atoms with E-state index in [2.05, 4.69) is 0 Å². The van der Waals surface area contributed by atoms with Gasteiger partial charge in [0.1, 0.15) is 0 Å². The molecule has 0 bridgehead atoms. The summed E-state index contributed by atoms with van der Waals surface area (Å²) in [5.74, 6) is 0. The molecule has 0 spiro atoms. The summed E-state index contributed by atoms with van der Waals surface area (Å²) in [5.41, 5.74) is 4.50. The smallest absolute Gasteiger partial charge is 0.252 e. The minimum Gasteiger partial charge on any atom is -0.452 e. The van der Waals surface area contributed by atoms with Crippen molar-refractivity contribution in [2.75, 3.05) is 9.80 Å². The van der Waals surface area contributed by atoms with E-state index < -0.39 is 164 Å². The van der Waals surface area contributed by atoms with Crippen molar-refractivity contribution in [3.63, 3.8) is 0 Å². The van der Waals surface area contributed by atoms with Crippen molar-refractivity contribution in [2.24, 2.45) is 0 Å². The number of aromatic nitrogens is 2. The van der Waals surface area contributed by atoms with Crippen LogP contribution in [0, 0.1) is 0 Å². The molecule has 0 atom stereocenters. The van der Waals surface area contributed by atoms with Crippen molar-refractivity contribution in [2.45, 2.75) is 0 Å². The van der Waals surface area contributed by atoms with Crippen molar-refractivity contribution in [3.05, 3.63) is 297 Å². The zero-order valence-corrected chi connectivity index (χ0v) is 43.6. The minimum atomic E-state index is -0.970. The highest BCUT2D eigenvalue weighted by Crippen LogP contribution is 2.50. The van der Waals surface area contributed by atoms with Gasteiger partial charge in [-0.05, 0) is 129 Å². The summed E-state index contributed by atoms with van der Waals surface area (Å²) in [5, 5.41) is -0.00878.